The van der Waals surface area contributed by atoms with Crippen LogP contribution in [0.1, 0.15) is 30.2 Å². The summed E-state index contributed by atoms with van der Waals surface area (Å²) in [6, 6.07) is 23.4. The lowest BCUT2D eigenvalue weighted by Gasteiger charge is -2.13. The van der Waals surface area contributed by atoms with Crippen LogP contribution in [0.15, 0.2) is 78.9 Å². The number of para-hydroxylation sites is 2. The van der Waals surface area contributed by atoms with E-state index in [1.807, 2.05) is 68.4 Å². The van der Waals surface area contributed by atoms with Crippen LogP contribution in [0.5, 0.6) is 11.6 Å². The predicted molar refractivity (Wildman–Crippen MR) is 128 cm³/mol. The molecule has 0 saturated heterocycles. The van der Waals surface area contributed by atoms with Gasteiger partial charge in [-0.1, -0.05) is 43.3 Å². The number of aryl methyl sites for hydroxylation is 2. The van der Waals surface area contributed by atoms with Crippen molar-refractivity contribution in [2.75, 3.05) is 5.32 Å². The fourth-order valence-corrected chi connectivity index (χ4v) is 3.63. The van der Waals surface area contributed by atoms with Gasteiger partial charge in [-0.25, -0.2) is 9.07 Å². The summed E-state index contributed by atoms with van der Waals surface area (Å²) in [7, 11) is 0. The van der Waals surface area contributed by atoms with Gasteiger partial charge in [-0.15, -0.1) is 0 Å². The van der Waals surface area contributed by atoms with E-state index in [2.05, 4.69) is 5.32 Å². The molecule has 0 aliphatic heterocycles. The summed E-state index contributed by atoms with van der Waals surface area (Å²) in [5.41, 5.74) is 4.25. The standard InChI is InChI=1S/C27H26FN3O2/c1-3-24-23(17-18-26(32)29-21-15-13-20(28)14-16-21)27(33-25-12-8-7-9-19(25)2)31(30-24)22-10-5-4-6-11-22/h4-16H,3,17-18H2,1-2H3,(H,29,32). The fraction of sp³-hybridized carbons (Fsp3) is 0.185. The van der Waals surface area contributed by atoms with E-state index in [1.165, 1.54) is 12.1 Å². The summed E-state index contributed by atoms with van der Waals surface area (Å²) < 4.78 is 21.3. The number of rotatable bonds is 8. The Labute approximate surface area is 192 Å². The fourth-order valence-electron chi connectivity index (χ4n) is 3.63. The number of hydrogen-bond donors (Lipinski definition) is 1. The Hall–Kier alpha value is -3.93. The second kappa shape index (κ2) is 10.1. The summed E-state index contributed by atoms with van der Waals surface area (Å²) in [6.45, 7) is 4.03. The van der Waals surface area contributed by atoms with Crippen molar-refractivity contribution >= 4 is 11.6 Å². The highest BCUT2D eigenvalue weighted by Gasteiger charge is 2.21. The van der Waals surface area contributed by atoms with Crippen LogP contribution in [0.4, 0.5) is 10.1 Å². The molecule has 5 nitrogen and oxygen atoms in total. The van der Waals surface area contributed by atoms with Crippen molar-refractivity contribution in [3.63, 3.8) is 0 Å². The normalized spacial score (nSPS) is 10.8. The van der Waals surface area contributed by atoms with E-state index in [-0.39, 0.29) is 18.1 Å². The number of hydrogen-bond acceptors (Lipinski definition) is 3. The zero-order valence-corrected chi connectivity index (χ0v) is 18.7. The number of anilines is 1. The van der Waals surface area contributed by atoms with Crippen LogP contribution in [0.25, 0.3) is 5.69 Å². The maximum atomic E-state index is 13.1. The van der Waals surface area contributed by atoms with Crippen LogP contribution in [-0.2, 0) is 17.6 Å². The van der Waals surface area contributed by atoms with Gasteiger partial charge in [0.05, 0.1) is 11.4 Å². The van der Waals surface area contributed by atoms with Gasteiger partial charge in [-0.05, 0) is 67.8 Å². The van der Waals surface area contributed by atoms with Crippen molar-refractivity contribution in [2.24, 2.45) is 0 Å². The molecule has 0 bridgehead atoms. The molecule has 0 aliphatic carbocycles. The number of carbonyl (C=O) groups excluding carboxylic acids is 1. The van der Waals surface area contributed by atoms with Crippen molar-refractivity contribution < 1.29 is 13.9 Å². The van der Waals surface area contributed by atoms with Crippen LogP contribution in [-0.4, -0.2) is 15.7 Å². The number of amides is 1. The molecule has 0 aliphatic rings. The first-order valence-electron chi connectivity index (χ1n) is 11.0. The van der Waals surface area contributed by atoms with E-state index in [4.69, 9.17) is 9.84 Å². The molecule has 4 aromatic rings. The van der Waals surface area contributed by atoms with Crippen LogP contribution < -0.4 is 10.1 Å². The third-order valence-electron chi connectivity index (χ3n) is 5.39. The highest BCUT2D eigenvalue weighted by Crippen LogP contribution is 2.33. The second-order valence-electron chi connectivity index (χ2n) is 7.75. The molecule has 33 heavy (non-hydrogen) atoms. The molecule has 168 valence electrons. The molecule has 3 aromatic carbocycles. The Kier molecular flexibility index (Phi) is 6.83. The van der Waals surface area contributed by atoms with Gasteiger partial charge in [-0.2, -0.15) is 5.10 Å². The summed E-state index contributed by atoms with van der Waals surface area (Å²) >= 11 is 0. The van der Waals surface area contributed by atoms with Crippen molar-refractivity contribution in [1.29, 1.82) is 0 Å². The maximum Gasteiger partial charge on any atom is 0.226 e. The number of aromatic nitrogens is 2. The maximum absolute atomic E-state index is 13.1. The highest BCUT2D eigenvalue weighted by atomic mass is 19.1. The van der Waals surface area contributed by atoms with Crippen molar-refractivity contribution in [2.45, 2.75) is 33.1 Å². The molecule has 0 atom stereocenters. The molecule has 0 fully saturated rings. The average molecular weight is 444 g/mol. The highest BCUT2D eigenvalue weighted by molar-refractivity contribution is 5.90. The number of benzene rings is 3. The van der Waals surface area contributed by atoms with Gasteiger partial charge in [0, 0.05) is 17.7 Å². The first-order chi connectivity index (χ1) is 16.0. The Bertz CT molecular complexity index is 1230. The zero-order chi connectivity index (χ0) is 23.2. The van der Waals surface area contributed by atoms with Crippen LogP contribution in [0.2, 0.25) is 0 Å². The van der Waals surface area contributed by atoms with Gasteiger partial charge in [0.2, 0.25) is 11.8 Å². The summed E-state index contributed by atoms with van der Waals surface area (Å²) in [6.07, 6.45) is 1.41. The van der Waals surface area contributed by atoms with E-state index >= 15 is 0 Å². The minimum absolute atomic E-state index is 0.155. The van der Waals surface area contributed by atoms with Crippen LogP contribution in [0, 0.1) is 12.7 Å². The molecule has 0 spiro atoms. The van der Waals surface area contributed by atoms with Gasteiger partial charge in [0.25, 0.3) is 0 Å². The largest absolute Gasteiger partial charge is 0.438 e. The van der Waals surface area contributed by atoms with Crippen LogP contribution >= 0.6 is 0 Å². The van der Waals surface area contributed by atoms with E-state index in [0.29, 0.717) is 24.4 Å². The SMILES string of the molecule is CCc1nn(-c2ccccc2)c(Oc2ccccc2C)c1CCC(=O)Nc1ccc(F)cc1. The van der Waals surface area contributed by atoms with E-state index < -0.39 is 0 Å². The zero-order valence-electron chi connectivity index (χ0n) is 18.7. The lowest BCUT2D eigenvalue weighted by molar-refractivity contribution is -0.116. The number of nitrogens with zero attached hydrogens (tertiary/aromatic N) is 2. The van der Waals surface area contributed by atoms with Crippen LogP contribution in [0.3, 0.4) is 0 Å². The van der Waals surface area contributed by atoms with Gasteiger partial charge in [0.15, 0.2) is 0 Å². The molecular formula is C27H26FN3O2. The van der Waals surface area contributed by atoms with E-state index in [9.17, 15) is 9.18 Å². The first-order valence-corrected chi connectivity index (χ1v) is 11.0. The molecule has 4 rings (SSSR count). The van der Waals surface area contributed by atoms with Gasteiger partial charge >= 0.3 is 0 Å². The molecule has 0 saturated carbocycles. The first kappa shape index (κ1) is 22.3. The summed E-state index contributed by atoms with van der Waals surface area (Å²) in [5.74, 6) is 0.862. The molecule has 1 heterocycles. The Morgan fingerprint density at radius 1 is 1.00 bits per heavy atom. The summed E-state index contributed by atoms with van der Waals surface area (Å²) in [4.78, 5) is 12.6. The molecule has 1 N–H and O–H groups in total. The molecule has 1 amide bonds. The predicted octanol–water partition coefficient (Wildman–Crippen LogP) is 6.25. The van der Waals surface area contributed by atoms with Crippen molar-refractivity contribution in [3.8, 4) is 17.3 Å². The topological polar surface area (TPSA) is 56.2 Å². The summed E-state index contributed by atoms with van der Waals surface area (Å²) in [5, 5.41) is 7.63. The molecule has 1 aromatic heterocycles. The minimum Gasteiger partial charge on any atom is -0.438 e. The quantitative estimate of drug-likeness (QED) is 0.350. The average Bonchev–Trinajstić information content (AvgIpc) is 3.18. The van der Waals surface area contributed by atoms with E-state index in [1.54, 1.807) is 16.8 Å². The van der Waals surface area contributed by atoms with Gasteiger partial charge in [-0.3, -0.25) is 4.79 Å². The monoisotopic (exact) mass is 443 g/mol. The van der Waals surface area contributed by atoms with Crippen molar-refractivity contribution in [3.05, 3.63) is 102 Å². The number of ether oxygens (including phenoxy) is 1. The lowest BCUT2D eigenvalue weighted by Crippen LogP contribution is -2.12. The number of carbonyl (C=O) groups is 1. The third kappa shape index (κ3) is 5.29. The number of nitrogens with one attached hydrogen (secondary N) is 1. The minimum atomic E-state index is -0.341. The molecule has 0 radical (unpaired) electrons. The second-order valence-corrected chi connectivity index (χ2v) is 7.75. The van der Waals surface area contributed by atoms with Gasteiger partial charge in [0.1, 0.15) is 11.6 Å². The molecule has 6 heteroatoms. The lowest BCUT2D eigenvalue weighted by atomic mass is 10.1. The molecule has 0 unspecified atom stereocenters. The number of halogens is 1. The Balaban J connectivity index is 1.64. The van der Waals surface area contributed by atoms with Crippen molar-refractivity contribution in [1.82, 2.24) is 9.78 Å². The smallest absolute Gasteiger partial charge is 0.226 e. The Morgan fingerprint density at radius 3 is 2.39 bits per heavy atom. The molecular weight excluding hydrogens is 417 g/mol. The van der Waals surface area contributed by atoms with Gasteiger partial charge < -0.3 is 10.1 Å². The Morgan fingerprint density at radius 2 is 1.70 bits per heavy atom. The third-order valence-corrected chi connectivity index (χ3v) is 5.39. The van der Waals surface area contributed by atoms with E-state index in [0.717, 1.165) is 28.3 Å².